The van der Waals surface area contributed by atoms with Crippen molar-refractivity contribution in [3.8, 4) is 11.5 Å². The molecule has 1 heterocycles. The second-order valence-electron chi connectivity index (χ2n) is 8.10. The molecule has 0 radical (unpaired) electrons. The maximum absolute atomic E-state index is 10.0. The van der Waals surface area contributed by atoms with Gasteiger partial charge < -0.3 is 9.84 Å². The molecule has 0 amide bonds. The van der Waals surface area contributed by atoms with Crippen LogP contribution in [0, 0.1) is 12.8 Å². The maximum atomic E-state index is 10.0. The second-order valence-corrected chi connectivity index (χ2v) is 8.10. The van der Waals surface area contributed by atoms with Gasteiger partial charge in [0.2, 0.25) is 0 Å². The monoisotopic (exact) mass is 348 g/mol. The summed E-state index contributed by atoms with van der Waals surface area (Å²) in [5.74, 6) is 2.35. The summed E-state index contributed by atoms with van der Waals surface area (Å²) in [5, 5.41) is 10.0. The Morgan fingerprint density at radius 1 is 1.23 bits per heavy atom. The maximum Gasteiger partial charge on any atom is 0.123 e. The van der Waals surface area contributed by atoms with E-state index in [1.807, 2.05) is 19.1 Å². The topological polar surface area (TPSA) is 29.5 Å². The van der Waals surface area contributed by atoms with Crippen LogP contribution in [0.4, 0.5) is 0 Å². The van der Waals surface area contributed by atoms with E-state index in [2.05, 4.69) is 37.8 Å². The molecule has 0 bridgehead atoms. The predicted molar refractivity (Wildman–Crippen MR) is 106 cm³/mol. The number of benzene rings is 2. The first-order valence-corrected chi connectivity index (χ1v) is 9.77. The van der Waals surface area contributed by atoms with Gasteiger partial charge in [-0.2, -0.15) is 0 Å². The number of aromatic hydroxyl groups is 1. The Morgan fingerprint density at radius 2 is 2.04 bits per heavy atom. The van der Waals surface area contributed by atoms with Crippen molar-refractivity contribution in [2.24, 2.45) is 5.92 Å². The highest BCUT2D eigenvalue weighted by atomic mass is 16.5. The smallest absolute Gasteiger partial charge is 0.123 e. The molecule has 1 N–H and O–H groups in total. The highest BCUT2D eigenvalue weighted by Gasteiger charge is 2.29. The highest BCUT2D eigenvalue weighted by molar-refractivity contribution is 5.43. The zero-order valence-corrected chi connectivity index (χ0v) is 15.8. The standard InChI is InChI=1S/C24H28O2/c1-15-7-9-20(13-22(15)25)17(3)24-14-21-12-18(8-10-23(21)26-24)11-16(2)19-5-4-6-19/h7-10,12-13,17,19,24-25H,2,4-6,11,14H2,1,3H3. The van der Waals surface area contributed by atoms with Gasteiger partial charge in [-0.05, 0) is 66.5 Å². The van der Waals surface area contributed by atoms with Crippen molar-refractivity contribution in [1.29, 1.82) is 0 Å². The van der Waals surface area contributed by atoms with Gasteiger partial charge >= 0.3 is 0 Å². The summed E-state index contributed by atoms with van der Waals surface area (Å²) in [5.41, 5.74) is 6.08. The van der Waals surface area contributed by atoms with Crippen molar-refractivity contribution in [1.82, 2.24) is 0 Å². The zero-order chi connectivity index (χ0) is 18.3. The van der Waals surface area contributed by atoms with E-state index >= 15 is 0 Å². The molecule has 0 aromatic heterocycles. The number of phenolic OH excluding ortho intramolecular Hbond substituents is 1. The lowest BCUT2D eigenvalue weighted by atomic mass is 9.78. The van der Waals surface area contributed by atoms with Gasteiger partial charge in [0.1, 0.15) is 17.6 Å². The molecule has 2 aromatic carbocycles. The molecule has 2 atom stereocenters. The Kier molecular flexibility index (Phi) is 4.52. The van der Waals surface area contributed by atoms with Gasteiger partial charge in [0.15, 0.2) is 0 Å². The fourth-order valence-electron chi connectivity index (χ4n) is 4.06. The van der Waals surface area contributed by atoms with Crippen LogP contribution in [0.2, 0.25) is 0 Å². The van der Waals surface area contributed by atoms with E-state index in [-0.39, 0.29) is 12.0 Å². The first-order chi connectivity index (χ1) is 12.5. The molecule has 136 valence electrons. The molecule has 4 rings (SSSR count). The van der Waals surface area contributed by atoms with E-state index in [9.17, 15) is 5.11 Å². The molecule has 1 aliphatic heterocycles. The van der Waals surface area contributed by atoms with Crippen LogP contribution in [0.15, 0.2) is 48.6 Å². The van der Waals surface area contributed by atoms with Crippen molar-refractivity contribution in [3.05, 3.63) is 70.8 Å². The largest absolute Gasteiger partial charge is 0.508 e. The minimum atomic E-state index is 0.122. The SMILES string of the molecule is C=C(Cc1ccc2c(c1)CC(C(C)c1ccc(C)c(O)c1)O2)C1CCC1. The van der Waals surface area contributed by atoms with Gasteiger partial charge in [-0.15, -0.1) is 0 Å². The Bertz CT molecular complexity index is 832. The van der Waals surface area contributed by atoms with Gasteiger partial charge in [0.25, 0.3) is 0 Å². The molecular formula is C24H28O2. The van der Waals surface area contributed by atoms with Crippen molar-refractivity contribution < 1.29 is 9.84 Å². The van der Waals surface area contributed by atoms with Crippen LogP contribution in [0.3, 0.4) is 0 Å². The van der Waals surface area contributed by atoms with E-state index in [1.165, 1.54) is 36.0 Å². The van der Waals surface area contributed by atoms with Crippen molar-refractivity contribution in [2.45, 2.75) is 58.0 Å². The molecule has 2 nitrogen and oxygen atoms in total. The average Bonchev–Trinajstić information content (AvgIpc) is 2.98. The van der Waals surface area contributed by atoms with Gasteiger partial charge in [-0.25, -0.2) is 0 Å². The summed E-state index contributed by atoms with van der Waals surface area (Å²) in [6, 6.07) is 12.6. The second kappa shape index (κ2) is 6.83. The summed E-state index contributed by atoms with van der Waals surface area (Å²) >= 11 is 0. The van der Waals surface area contributed by atoms with Crippen LogP contribution in [-0.2, 0) is 12.8 Å². The number of rotatable bonds is 5. The lowest BCUT2D eigenvalue weighted by Gasteiger charge is -2.27. The average molecular weight is 348 g/mol. The summed E-state index contributed by atoms with van der Waals surface area (Å²) in [4.78, 5) is 0. The number of allylic oxidation sites excluding steroid dienone is 1. The third-order valence-electron chi connectivity index (χ3n) is 6.25. The van der Waals surface area contributed by atoms with E-state index in [4.69, 9.17) is 4.74 Å². The van der Waals surface area contributed by atoms with Gasteiger partial charge in [0.05, 0.1) is 0 Å². The molecule has 2 aliphatic rings. The van der Waals surface area contributed by atoms with Crippen molar-refractivity contribution in [2.75, 3.05) is 0 Å². The van der Waals surface area contributed by atoms with Crippen LogP contribution in [0.1, 0.15) is 54.4 Å². The molecule has 2 aromatic rings. The number of fused-ring (bicyclic) bond motifs is 1. The predicted octanol–water partition coefficient (Wildman–Crippen LogP) is 5.71. The van der Waals surface area contributed by atoms with E-state index < -0.39 is 0 Å². The normalized spacial score (nSPS) is 20.2. The van der Waals surface area contributed by atoms with E-state index in [1.54, 1.807) is 0 Å². The summed E-state index contributed by atoms with van der Waals surface area (Å²) < 4.78 is 6.23. The molecule has 1 fully saturated rings. The number of phenols is 1. The summed E-state index contributed by atoms with van der Waals surface area (Å²) in [6.07, 6.45) is 6.03. The van der Waals surface area contributed by atoms with Crippen LogP contribution in [0.5, 0.6) is 11.5 Å². The molecule has 1 aliphatic carbocycles. The first-order valence-electron chi connectivity index (χ1n) is 9.77. The van der Waals surface area contributed by atoms with Crippen LogP contribution < -0.4 is 4.74 Å². The summed E-state index contributed by atoms with van der Waals surface area (Å²) in [6.45, 7) is 8.41. The third kappa shape index (κ3) is 3.25. The zero-order valence-electron chi connectivity index (χ0n) is 15.8. The van der Waals surface area contributed by atoms with Crippen LogP contribution in [-0.4, -0.2) is 11.2 Å². The number of hydrogen-bond donors (Lipinski definition) is 1. The molecule has 2 unspecified atom stereocenters. The molecule has 2 heteroatoms. The Labute approximate surface area is 156 Å². The first kappa shape index (κ1) is 17.2. The lowest BCUT2D eigenvalue weighted by Crippen LogP contribution is -2.21. The van der Waals surface area contributed by atoms with Crippen LogP contribution >= 0.6 is 0 Å². The van der Waals surface area contributed by atoms with Crippen molar-refractivity contribution in [3.63, 3.8) is 0 Å². The van der Waals surface area contributed by atoms with E-state index in [0.717, 1.165) is 35.6 Å². The number of aryl methyl sites for hydroxylation is 1. The quantitative estimate of drug-likeness (QED) is 0.702. The Balaban J connectivity index is 1.46. The van der Waals surface area contributed by atoms with Gasteiger partial charge in [-0.1, -0.05) is 49.8 Å². The molecule has 26 heavy (non-hydrogen) atoms. The number of hydrogen-bond acceptors (Lipinski definition) is 2. The summed E-state index contributed by atoms with van der Waals surface area (Å²) in [7, 11) is 0. The third-order valence-corrected chi connectivity index (χ3v) is 6.25. The minimum Gasteiger partial charge on any atom is -0.508 e. The number of ether oxygens (including phenoxy) is 1. The molecule has 1 saturated carbocycles. The minimum absolute atomic E-state index is 0.122. The fraction of sp³-hybridized carbons (Fsp3) is 0.417. The van der Waals surface area contributed by atoms with E-state index in [0.29, 0.717) is 5.75 Å². The Hall–Kier alpha value is -2.22. The molecule has 0 spiro atoms. The lowest BCUT2D eigenvalue weighted by molar-refractivity contribution is 0.205. The van der Waals surface area contributed by atoms with Crippen molar-refractivity contribution >= 4 is 0 Å². The van der Waals surface area contributed by atoms with Gasteiger partial charge in [-0.3, -0.25) is 0 Å². The molecular weight excluding hydrogens is 320 g/mol. The van der Waals surface area contributed by atoms with Gasteiger partial charge in [0, 0.05) is 12.3 Å². The Morgan fingerprint density at radius 3 is 2.73 bits per heavy atom. The highest BCUT2D eigenvalue weighted by Crippen LogP contribution is 2.38. The fourth-order valence-corrected chi connectivity index (χ4v) is 4.06. The van der Waals surface area contributed by atoms with Crippen LogP contribution in [0.25, 0.3) is 0 Å². The molecule has 0 saturated heterocycles.